The second-order valence-corrected chi connectivity index (χ2v) is 11.7. The molecule has 1 aliphatic carbocycles. The Kier molecular flexibility index (Phi) is 45.0. The molecule has 2 nitrogen and oxygen atoms in total. The minimum atomic E-state index is -0.724. The third-order valence-corrected chi connectivity index (χ3v) is 6.42. The molecule has 0 N–H and O–H groups in total. The second-order valence-electron chi connectivity index (χ2n) is 6.15. The minimum Gasteiger partial charge on any atom is -0.545 e. The van der Waals surface area contributed by atoms with E-state index in [9.17, 15) is 0 Å². The number of hydrogen-bond acceptors (Lipinski definition) is 2. The fourth-order valence-corrected chi connectivity index (χ4v) is 3.93. The zero-order valence-electron chi connectivity index (χ0n) is 15.6. The van der Waals surface area contributed by atoms with E-state index >= 15 is 0 Å². The standard InChI is InChI=1S/C8H18Si.C5H12.2CHO.2CH3.Mo/c1-9(2,3)8-6-4-5-7-8;1-4-5(2)3;2*1-2;;;/h8H,4-7H2,1-3H3;5H,4H2,1-3H3;2*1H;2*1H3;/q;;4*-1;+4. The molecular formula is C17H38MoO2Si. The molecular weight excluding hydrogens is 360 g/mol. The van der Waals surface area contributed by atoms with Crippen LogP contribution in [-0.2, 0) is 30.7 Å². The van der Waals surface area contributed by atoms with Crippen LogP contribution < -0.4 is 0 Å². The molecule has 128 valence electrons. The Balaban J connectivity index is -0.0000000414. The second kappa shape index (κ2) is 25.2. The van der Waals surface area contributed by atoms with Crippen LogP contribution in [-0.4, -0.2) is 21.7 Å². The molecule has 1 fully saturated rings. The van der Waals surface area contributed by atoms with Crippen LogP contribution in [0.15, 0.2) is 0 Å². The average molecular weight is 399 g/mol. The van der Waals surface area contributed by atoms with Gasteiger partial charge in [0, 0.05) is 8.07 Å². The van der Waals surface area contributed by atoms with Gasteiger partial charge in [-0.3, -0.25) is 13.6 Å². The Bertz CT molecular complexity index is 163. The fraction of sp³-hybridized carbons (Fsp3) is 0.765. The Morgan fingerprint density at radius 2 is 1.19 bits per heavy atom. The minimum absolute atomic E-state index is 0. The number of hydrogen-bond donors (Lipinski definition) is 0. The van der Waals surface area contributed by atoms with Crippen molar-refractivity contribution >= 4 is 21.7 Å². The van der Waals surface area contributed by atoms with E-state index in [2.05, 4.69) is 54.0 Å². The van der Waals surface area contributed by atoms with Gasteiger partial charge in [-0.2, -0.15) is 0 Å². The van der Waals surface area contributed by atoms with Gasteiger partial charge in [-0.1, -0.05) is 72.5 Å². The molecule has 1 rings (SSSR count). The summed E-state index contributed by atoms with van der Waals surface area (Å²) < 4.78 is 0. The van der Waals surface area contributed by atoms with E-state index in [0.29, 0.717) is 0 Å². The fourth-order valence-electron chi connectivity index (χ4n) is 1.79. The molecule has 0 aromatic carbocycles. The quantitative estimate of drug-likeness (QED) is 0.341. The van der Waals surface area contributed by atoms with Crippen molar-refractivity contribution in [2.45, 2.75) is 78.1 Å². The molecule has 0 aromatic heterocycles. The maximum absolute atomic E-state index is 7.75. The molecule has 1 aliphatic rings. The van der Waals surface area contributed by atoms with Crippen molar-refractivity contribution < 1.29 is 30.7 Å². The van der Waals surface area contributed by atoms with Crippen molar-refractivity contribution in [3.63, 3.8) is 0 Å². The third-order valence-electron chi connectivity index (χ3n) is 3.40. The molecule has 0 aromatic rings. The van der Waals surface area contributed by atoms with E-state index in [1.807, 2.05) is 0 Å². The molecule has 0 radical (unpaired) electrons. The Morgan fingerprint density at radius 3 is 1.29 bits per heavy atom. The molecule has 0 aliphatic heterocycles. The van der Waals surface area contributed by atoms with Gasteiger partial charge < -0.3 is 24.4 Å². The van der Waals surface area contributed by atoms with Gasteiger partial charge in [0.05, 0.1) is 0 Å². The maximum Gasteiger partial charge on any atom is 4.00 e. The van der Waals surface area contributed by atoms with Crippen LogP contribution in [0.25, 0.3) is 0 Å². The zero-order valence-corrected chi connectivity index (χ0v) is 18.6. The first-order chi connectivity index (χ1) is 8.38. The molecule has 0 atom stereocenters. The van der Waals surface area contributed by atoms with E-state index in [0.717, 1.165) is 11.5 Å². The average Bonchev–Trinajstić information content (AvgIpc) is 2.88. The van der Waals surface area contributed by atoms with Crippen LogP contribution in [0.5, 0.6) is 0 Å². The number of rotatable bonds is 2. The summed E-state index contributed by atoms with van der Waals surface area (Å²) >= 11 is 0. The van der Waals surface area contributed by atoms with Crippen LogP contribution in [0.2, 0.25) is 25.2 Å². The summed E-state index contributed by atoms with van der Waals surface area (Å²) in [5.74, 6) is 0.884. The molecule has 0 heterocycles. The van der Waals surface area contributed by atoms with Gasteiger partial charge in [0.1, 0.15) is 0 Å². The van der Waals surface area contributed by atoms with Gasteiger partial charge in [0.25, 0.3) is 0 Å². The summed E-state index contributed by atoms with van der Waals surface area (Å²) in [5.41, 5.74) is 1.15. The molecule has 1 saturated carbocycles. The molecule has 0 spiro atoms. The van der Waals surface area contributed by atoms with E-state index in [-0.39, 0.29) is 35.9 Å². The van der Waals surface area contributed by atoms with Gasteiger partial charge in [-0.05, 0) is 11.5 Å². The topological polar surface area (TPSA) is 34.1 Å². The normalized spacial score (nSPS) is 12.5. The first kappa shape index (κ1) is 37.5. The Hall–Kier alpha value is 0.245. The summed E-state index contributed by atoms with van der Waals surface area (Å²) in [4.78, 5) is 15.5. The number of carbonyl (C=O) groups excluding carboxylic acids is 2. The molecule has 0 saturated heterocycles. The zero-order chi connectivity index (χ0) is 15.2. The van der Waals surface area contributed by atoms with Crippen molar-refractivity contribution in [2.75, 3.05) is 0 Å². The largest absolute Gasteiger partial charge is 4.00 e. The predicted octanol–water partition coefficient (Wildman–Crippen LogP) is 5.67. The predicted molar refractivity (Wildman–Crippen MR) is 97.0 cm³/mol. The van der Waals surface area contributed by atoms with Crippen LogP contribution in [0.3, 0.4) is 0 Å². The molecule has 21 heavy (non-hydrogen) atoms. The van der Waals surface area contributed by atoms with E-state index < -0.39 is 8.07 Å². The SMILES string of the molecule is CCC(C)C.C[Si](C)(C)C1CCCC1.[CH-]=O.[CH-]=O.[CH3-].[CH3-].[Mo+4]. The van der Waals surface area contributed by atoms with E-state index in [1.165, 1.54) is 32.1 Å². The van der Waals surface area contributed by atoms with Crippen molar-refractivity contribution in [1.29, 1.82) is 0 Å². The van der Waals surface area contributed by atoms with Crippen molar-refractivity contribution in [2.24, 2.45) is 5.92 Å². The smallest absolute Gasteiger partial charge is 0.545 e. The third kappa shape index (κ3) is 29.0. The van der Waals surface area contributed by atoms with Crippen LogP contribution in [0.4, 0.5) is 0 Å². The van der Waals surface area contributed by atoms with Crippen LogP contribution >= 0.6 is 0 Å². The van der Waals surface area contributed by atoms with Gasteiger partial charge >= 0.3 is 21.1 Å². The first-order valence-electron chi connectivity index (χ1n) is 6.85. The molecule has 4 heteroatoms. The van der Waals surface area contributed by atoms with Crippen LogP contribution in [0.1, 0.15) is 52.9 Å². The van der Waals surface area contributed by atoms with Gasteiger partial charge in [-0.25, -0.2) is 0 Å². The molecule has 0 bridgehead atoms. The van der Waals surface area contributed by atoms with Crippen molar-refractivity contribution in [3.05, 3.63) is 14.9 Å². The van der Waals surface area contributed by atoms with Gasteiger partial charge in [-0.15, -0.1) is 0 Å². The van der Waals surface area contributed by atoms with Crippen LogP contribution in [0, 0.1) is 20.8 Å². The summed E-state index contributed by atoms with van der Waals surface area (Å²) in [7, 11) is -0.724. The van der Waals surface area contributed by atoms with Crippen molar-refractivity contribution in [1.82, 2.24) is 0 Å². The summed E-state index contributed by atoms with van der Waals surface area (Å²) in [6.45, 7) is 20.7. The Labute approximate surface area is 151 Å². The van der Waals surface area contributed by atoms with Gasteiger partial charge in [0.15, 0.2) is 0 Å². The summed E-state index contributed by atoms with van der Waals surface area (Å²) in [6, 6.07) is 0. The van der Waals surface area contributed by atoms with E-state index in [4.69, 9.17) is 9.59 Å². The van der Waals surface area contributed by atoms with E-state index in [1.54, 1.807) is 0 Å². The first-order valence-corrected chi connectivity index (χ1v) is 10.4. The monoisotopic (exact) mass is 400 g/mol. The molecule has 0 amide bonds. The summed E-state index contributed by atoms with van der Waals surface area (Å²) in [5, 5.41) is 0. The summed E-state index contributed by atoms with van der Waals surface area (Å²) in [6.07, 6.45) is 7.40. The Morgan fingerprint density at radius 1 is 0.952 bits per heavy atom. The maximum atomic E-state index is 7.75. The van der Waals surface area contributed by atoms with Gasteiger partial charge in [0.2, 0.25) is 0 Å². The van der Waals surface area contributed by atoms with Crippen molar-refractivity contribution in [3.8, 4) is 0 Å². The molecule has 0 unspecified atom stereocenters.